The molecule has 0 bridgehead atoms. The lowest BCUT2D eigenvalue weighted by molar-refractivity contribution is 0.210. The lowest BCUT2D eigenvalue weighted by Crippen LogP contribution is -2.37. The number of nitrogens with two attached hydrogens (primary N) is 1. The molecule has 3 rings (SSSR count). The van der Waals surface area contributed by atoms with Crippen LogP contribution in [0.15, 0.2) is 0 Å². The van der Waals surface area contributed by atoms with Crippen molar-refractivity contribution in [1.82, 2.24) is 19.7 Å². The maximum Gasteiger partial charge on any atom is 0.137 e. The van der Waals surface area contributed by atoms with E-state index in [1.807, 2.05) is 0 Å². The Hall–Kier alpha value is -0.940. The zero-order valence-electron chi connectivity index (χ0n) is 11.2. The van der Waals surface area contributed by atoms with Crippen LogP contribution in [0.5, 0.6) is 0 Å². The molecule has 5 nitrogen and oxygen atoms in total. The number of piperidine rings is 1. The van der Waals surface area contributed by atoms with E-state index in [1.165, 1.54) is 25.2 Å². The molecule has 2 unspecified atom stereocenters. The summed E-state index contributed by atoms with van der Waals surface area (Å²) < 4.78 is 2.29. The number of hydrogen-bond donors (Lipinski definition) is 1. The zero-order chi connectivity index (χ0) is 12.5. The highest BCUT2D eigenvalue weighted by atomic mass is 15.3. The summed E-state index contributed by atoms with van der Waals surface area (Å²) in [6.45, 7) is 6.63. The third-order valence-corrected chi connectivity index (χ3v) is 4.33. The Labute approximate surface area is 108 Å². The lowest BCUT2D eigenvalue weighted by Gasteiger charge is -2.32. The van der Waals surface area contributed by atoms with Crippen molar-refractivity contribution in [2.45, 2.75) is 51.1 Å². The molecule has 0 spiro atoms. The SMILES string of the molecule is CCN1CCCC(c2nnc3n2CC(N)CC3)C1. The van der Waals surface area contributed by atoms with Gasteiger partial charge in [0.1, 0.15) is 11.6 Å². The van der Waals surface area contributed by atoms with E-state index in [9.17, 15) is 0 Å². The molecule has 1 aromatic rings. The molecule has 2 N–H and O–H groups in total. The Bertz CT molecular complexity index is 414. The van der Waals surface area contributed by atoms with E-state index in [-0.39, 0.29) is 6.04 Å². The molecule has 2 aliphatic heterocycles. The van der Waals surface area contributed by atoms with Gasteiger partial charge in [-0.05, 0) is 32.4 Å². The van der Waals surface area contributed by atoms with Gasteiger partial charge in [0.15, 0.2) is 0 Å². The highest BCUT2D eigenvalue weighted by Crippen LogP contribution is 2.27. The largest absolute Gasteiger partial charge is 0.326 e. The fourth-order valence-electron chi connectivity index (χ4n) is 3.23. The summed E-state index contributed by atoms with van der Waals surface area (Å²) in [5.74, 6) is 2.86. The van der Waals surface area contributed by atoms with Crippen molar-refractivity contribution in [2.75, 3.05) is 19.6 Å². The monoisotopic (exact) mass is 249 g/mol. The summed E-state index contributed by atoms with van der Waals surface area (Å²) in [6, 6.07) is 0.276. The number of rotatable bonds is 2. The van der Waals surface area contributed by atoms with E-state index in [0.717, 1.165) is 38.3 Å². The van der Waals surface area contributed by atoms with Crippen LogP contribution in [0.3, 0.4) is 0 Å². The first-order valence-corrected chi connectivity index (χ1v) is 7.18. The van der Waals surface area contributed by atoms with E-state index in [0.29, 0.717) is 5.92 Å². The fourth-order valence-corrected chi connectivity index (χ4v) is 3.23. The predicted molar refractivity (Wildman–Crippen MR) is 70.4 cm³/mol. The number of aromatic nitrogens is 3. The maximum absolute atomic E-state index is 6.07. The Kier molecular flexibility index (Phi) is 3.35. The van der Waals surface area contributed by atoms with Gasteiger partial charge < -0.3 is 15.2 Å². The molecule has 18 heavy (non-hydrogen) atoms. The number of hydrogen-bond acceptors (Lipinski definition) is 4. The van der Waals surface area contributed by atoms with E-state index in [4.69, 9.17) is 5.73 Å². The van der Waals surface area contributed by atoms with Crippen LogP contribution in [0, 0.1) is 0 Å². The molecule has 3 heterocycles. The molecule has 5 heteroatoms. The summed E-state index contributed by atoms with van der Waals surface area (Å²) in [7, 11) is 0. The fraction of sp³-hybridized carbons (Fsp3) is 0.846. The summed E-state index contributed by atoms with van der Waals surface area (Å²) in [5, 5.41) is 8.81. The van der Waals surface area contributed by atoms with E-state index >= 15 is 0 Å². The average molecular weight is 249 g/mol. The molecule has 2 aliphatic rings. The van der Waals surface area contributed by atoms with E-state index < -0.39 is 0 Å². The van der Waals surface area contributed by atoms with Crippen LogP contribution in [0.25, 0.3) is 0 Å². The highest BCUT2D eigenvalue weighted by Gasteiger charge is 2.28. The number of aryl methyl sites for hydroxylation is 1. The lowest BCUT2D eigenvalue weighted by atomic mass is 9.96. The van der Waals surface area contributed by atoms with Crippen molar-refractivity contribution in [3.05, 3.63) is 11.6 Å². The molecule has 2 atom stereocenters. The Morgan fingerprint density at radius 1 is 1.28 bits per heavy atom. The Morgan fingerprint density at radius 2 is 2.17 bits per heavy atom. The first-order chi connectivity index (χ1) is 8.78. The van der Waals surface area contributed by atoms with Gasteiger partial charge in [-0.25, -0.2) is 0 Å². The summed E-state index contributed by atoms with van der Waals surface area (Å²) in [5.41, 5.74) is 6.07. The Balaban J connectivity index is 1.82. The molecule has 0 aliphatic carbocycles. The average Bonchev–Trinajstić information content (AvgIpc) is 2.81. The van der Waals surface area contributed by atoms with Crippen LogP contribution in [0.2, 0.25) is 0 Å². The van der Waals surface area contributed by atoms with Crippen LogP contribution < -0.4 is 5.73 Å². The van der Waals surface area contributed by atoms with Crippen LogP contribution in [-0.2, 0) is 13.0 Å². The van der Waals surface area contributed by atoms with Gasteiger partial charge >= 0.3 is 0 Å². The van der Waals surface area contributed by atoms with Gasteiger partial charge in [-0.1, -0.05) is 6.92 Å². The van der Waals surface area contributed by atoms with Crippen molar-refractivity contribution in [1.29, 1.82) is 0 Å². The smallest absolute Gasteiger partial charge is 0.137 e. The van der Waals surface area contributed by atoms with Crippen LogP contribution in [0.1, 0.15) is 43.8 Å². The highest BCUT2D eigenvalue weighted by molar-refractivity contribution is 5.07. The van der Waals surface area contributed by atoms with Gasteiger partial charge in [0, 0.05) is 31.5 Å². The molecule has 1 saturated heterocycles. The van der Waals surface area contributed by atoms with Crippen LogP contribution in [-0.4, -0.2) is 45.3 Å². The minimum atomic E-state index is 0.276. The van der Waals surface area contributed by atoms with Crippen molar-refractivity contribution >= 4 is 0 Å². The Morgan fingerprint density at radius 3 is 3.00 bits per heavy atom. The number of fused-ring (bicyclic) bond motifs is 1. The molecule has 0 aromatic carbocycles. The topological polar surface area (TPSA) is 60.0 Å². The molecule has 1 aromatic heterocycles. The minimum Gasteiger partial charge on any atom is -0.326 e. The zero-order valence-corrected chi connectivity index (χ0v) is 11.2. The summed E-state index contributed by atoms with van der Waals surface area (Å²) >= 11 is 0. The van der Waals surface area contributed by atoms with Crippen LogP contribution in [0.4, 0.5) is 0 Å². The molecule has 0 radical (unpaired) electrons. The molecule has 1 fully saturated rings. The molecule has 100 valence electrons. The van der Waals surface area contributed by atoms with Gasteiger partial charge in [0.2, 0.25) is 0 Å². The third-order valence-electron chi connectivity index (χ3n) is 4.33. The normalized spacial score (nSPS) is 29.2. The maximum atomic E-state index is 6.07. The molecular weight excluding hydrogens is 226 g/mol. The van der Waals surface area contributed by atoms with Gasteiger partial charge in [-0.2, -0.15) is 0 Å². The number of nitrogens with zero attached hydrogens (tertiary/aromatic N) is 4. The van der Waals surface area contributed by atoms with Gasteiger partial charge in [0.25, 0.3) is 0 Å². The third kappa shape index (κ3) is 2.17. The van der Waals surface area contributed by atoms with Gasteiger partial charge in [0.05, 0.1) is 0 Å². The standard InChI is InChI=1S/C13H23N5/c1-2-17-7-3-4-10(8-17)13-16-15-12-6-5-11(14)9-18(12)13/h10-11H,2-9,14H2,1H3. The van der Waals surface area contributed by atoms with E-state index in [1.54, 1.807) is 0 Å². The molecular formula is C13H23N5. The second kappa shape index (κ2) is 4.97. The first-order valence-electron chi connectivity index (χ1n) is 7.18. The predicted octanol–water partition coefficient (Wildman–Crippen LogP) is 0.751. The van der Waals surface area contributed by atoms with Crippen molar-refractivity contribution in [3.63, 3.8) is 0 Å². The van der Waals surface area contributed by atoms with Gasteiger partial charge in [-0.3, -0.25) is 0 Å². The summed E-state index contributed by atoms with van der Waals surface area (Å²) in [6.07, 6.45) is 4.54. The second-order valence-electron chi connectivity index (χ2n) is 5.62. The summed E-state index contributed by atoms with van der Waals surface area (Å²) in [4.78, 5) is 2.51. The quantitative estimate of drug-likeness (QED) is 0.840. The van der Waals surface area contributed by atoms with E-state index in [2.05, 4.69) is 26.6 Å². The van der Waals surface area contributed by atoms with Crippen LogP contribution >= 0.6 is 0 Å². The van der Waals surface area contributed by atoms with Gasteiger partial charge in [-0.15, -0.1) is 10.2 Å². The van der Waals surface area contributed by atoms with Crippen molar-refractivity contribution < 1.29 is 0 Å². The van der Waals surface area contributed by atoms with Crippen molar-refractivity contribution in [2.24, 2.45) is 5.73 Å². The number of likely N-dealkylation sites (N-methyl/N-ethyl adjacent to an activating group) is 1. The first kappa shape index (κ1) is 12.1. The minimum absolute atomic E-state index is 0.276. The molecule has 0 amide bonds. The molecule has 0 saturated carbocycles. The number of likely N-dealkylation sites (tertiary alicyclic amines) is 1. The van der Waals surface area contributed by atoms with Crippen molar-refractivity contribution in [3.8, 4) is 0 Å². The second-order valence-corrected chi connectivity index (χ2v) is 5.62.